The van der Waals surface area contributed by atoms with Crippen LogP contribution in [0, 0.1) is 12.7 Å². The Hall–Kier alpha value is -2.67. The molecule has 0 spiro atoms. The Morgan fingerprint density at radius 1 is 1.04 bits per heavy atom. The summed E-state index contributed by atoms with van der Waals surface area (Å²) in [7, 11) is -4.12. The average molecular weight is 334 g/mol. The monoisotopic (exact) mass is 334 g/mol. The third-order valence-corrected chi connectivity index (χ3v) is 4.46. The summed E-state index contributed by atoms with van der Waals surface area (Å²) in [6.07, 6.45) is 0. The molecule has 0 N–H and O–H groups in total. The number of benzene rings is 2. The second-order valence-electron chi connectivity index (χ2n) is 4.90. The van der Waals surface area contributed by atoms with E-state index in [2.05, 4.69) is 0 Å². The zero-order valence-electron chi connectivity index (χ0n) is 11.9. The van der Waals surface area contributed by atoms with Gasteiger partial charge in [0.1, 0.15) is 22.0 Å². The second kappa shape index (κ2) is 5.51. The molecule has 3 rings (SSSR count). The standard InChI is InChI=1S/C16H11FO5S/c1-10-8-13(5-6-14(10)17)23(19,20)22-12-4-2-11-3-7-16(18)21-15(11)9-12/h2-9H,1H3. The van der Waals surface area contributed by atoms with Gasteiger partial charge in [-0.25, -0.2) is 9.18 Å². The fourth-order valence-corrected chi connectivity index (χ4v) is 3.05. The zero-order valence-corrected chi connectivity index (χ0v) is 12.8. The molecule has 0 radical (unpaired) electrons. The van der Waals surface area contributed by atoms with E-state index in [-0.39, 0.29) is 21.8 Å². The van der Waals surface area contributed by atoms with Crippen molar-refractivity contribution in [1.29, 1.82) is 0 Å². The highest BCUT2D eigenvalue weighted by Crippen LogP contribution is 2.24. The Balaban J connectivity index is 1.99. The van der Waals surface area contributed by atoms with Gasteiger partial charge in [-0.2, -0.15) is 8.42 Å². The molecule has 0 saturated heterocycles. The molecule has 0 atom stereocenters. The number of rotatable bonds is 3. The van der Waals surface area contributed by atoms with Crippen molar-refractivity contribution < 1.29 is 21.4 Å². The van der Waals surface area contributed by atoms with Crippen LogP contribution in [0.2, 0.25) is 0 Å². The normalized spacial score (nSPS) is 11.6. The molecule has 1 heterocycles. The first kappa shape index (κ1) is 15.2. The van der Waals surface area contributed by atoms with Crippen molar-refractivity contribution in [2.75, 3.05) is 0 Å². The molecule has 7 heteroatoms. The van der Waals surface area contributed by atoms with Crippen molar-refractivity contribution in [1.82, 2.24) is 0 Å². The summed E-state index contributed by atoms with van der Waals surface area (Å²) in [4.78, 5) is 11.0. The van der Waals surface area contributed by atoms with Crippen molar-refractivity contribution in [3.05, 3.63) is 70.3 Å². The first-order chi connectivity index (χ1) is 10.8. The van der Waals surface area contributed by atoms with Crippen molar-refractivity contribution in [2.24, 2.45) is 0 Å². The van der Waals surface area contributed by atoms with Crippen molar-refractivity contribution in [3.8, 4) is 5.75 Å². The lowest BCUT2D eigenvalue weighted by molar-refractivity contribution is 0.484. The van der Waals surface area contributed by atoms with Crippen LogP contribution in [0.3, 0.4) is 0 Å². The van der Waals surface area contributed by atoms with Crippen LogP contribution >= 0.6 is 0 Å². The summed E-state index contributed by atoms with van der Waals surface area (Å²) in [5.74, 6) is -0.509. The number of hydrogen-bond donors (Lipinski definition) is 0. The number of halogens is 1. The molecule has 5 nitrogen and oxygen atoms in total. The Morgan fingerprint density at radius 2 is 1.78 bits per heavy atom. The van der Waals surface area contributed by atoms with Crippen LogP contribution in [-0.2, 0) is 10.1 Å². The summed E-state index contributed by atoms with van der Waals surface area (Å²) >= 11 is 0. The van der Waals surface area contributed by atoms with E-state index in [4.69, 9.17) is 8.60 Å². The minimum atomic E-state index is -4.12. The Kier molecular flexibility index (Phi) is 3.65. The van der Waals surface area contributed by atoms with Gasteiger partial charge in [-0.3, -0.25) is 0 Å². The average Bonchev–Trinajstić information content (AvgIpc) is 2.49. The Bertz CT molecular complexity index is 1050. The molecule has 118 valence electrons. The van der Waals surface area contributed by atoms with Crippen LogP contribution in [0.4, 0.5) is 4.39 Å². The topological polar surface area (TPSA) is 73.6 Å². The number of aryl methyl sites for hydroxylation is 1. The van der Waals surface area contributed by atoms with Gasteiger partial charge in [0.25, 0.3) is 0 Å². The maximum atomic E-state index is 13.2. The van der Waals surface area contributed by atoms with Gasteiger partial charge in [-0.15, -0.1) is 0 Å². The summed E-state index contributed by atoms with van der Waals surface area (Å²) in [6, 6.07) is 10.5. The van der Waals surface area contributed by atoms with Gasteiger partial charge in [-0.1, -0.05) is 0 Å². The van der Waals surface area contributed by atoms with Crippen LogP contribution in [0.15, 0.2) is 62.6 Å². The van der Waals surface area contributed by atoms with E-state index in [1.54, 1.807) is 12.1 Å². The molecule has 0 amide bonds. The van der Waals surface area contributed by atoms with E-state index in [9.17, 15) is 17.6 Å². The molecular weight excluding hydrogens is 323 g/mol. The van der Waals surface area contributed by atoms with E-state index in [0.29, 0.717) is 5.39 Å². The minimum Gasteiger partial charge on any atom is -0.423 e. The van der Waals surface area contributed by atoms with Crippen LogP contribution < -0.4 is 9.81 Å². The molecule has 3 aromatic rings. The molecule has 2 aromatic carbocycles. The van der Waals surface area contributed by atoms with Gasteiger partial charge in [0, 0.05) is 17.5 Å². The van der Waals surface area contributed by atoms with Crippen molar-refractivity contribution in [2.45, 2.75) is 11.8 Å². The maximum Gasteiger partial charge on any atom is 0.339 e. The van der Waals surface area contributed by atoms with Gasteiger partial charge in [0.2, 0.25) is 0 Å². The molecule has 0 aliphatic rings. The number of fused-ring (bicyclic) bond motifs is 1. The lowest BCUT2D eigenvalue weighted by Gasteiger charge is -2.08. The second-order valence-corrected chi connectivity index (χ2v) is 6.45. The van der Waals surface area contributed by atoms with Gasteiger partial charge < -0.3 is 8.60 Å². The van der Waals surface area contributed by atoms with Gasteiger partial charge in [0.05, 0.1) is 0 Å². The highest BCUT2D eigenvalue weighted by Gasteiger charge is 2.18. The quantitative estimate of drug-likeness (QED) is 0.544. The Morgan fingerprint density at radius 3 is 2.52 bits per heavy atom. The maximum absolute atomic E-state index is 13.2. The molecular formula is C16H11FO5S. The smallest absolute Gasteiger partial charge is 0.339 e. The number of hydrogen-bond acceptors (Lipinski definition) is 5. The predicted octanol–water partition coefficient (Wildman–Crippen LogP) is 3.01. The van der Waals surface area contributed by atoms with E-state index < -0.39 is 21.6 Å². The summed E-state index contributed by atoms with van der Waals surface area (Å²) in [6.45, 7) is 1.46. The third kappa shape index (κ3) is 3.09. The SMILES string of the molecule is Cc1cc(S(=O)(=O)Oc2ccc3ccc(=O)oc3c2)ccc1F. The molecule has 0 fully saturated rings. The molecule has 23 heavy (non-hydrogen) atoms. The largest absolute Gasteiger partial charge is 0.423 e. The predicted molar refractivity (Wildman–Crippen MR) is 81.4 cm³/mol. The van der Waals surface area contributed by atoms with Crippen LogP contribution in [0.25, 0.3) is 11.0 Å². The summed E-state index contributed by atoms with van der Waals surface area (Å²) in [5, 5.41) is 0.631. The minimum absolute atomic E-state index is 0.00571. The molecule has 0 aliphatic carbocycles. The van der Waals surface area contributed by atoms with Crippen molar-refractivity contribution >= 4 is 21.1 Å². The van der Waals surface area contributed by atoms with E-state index in [1.165, 1.54) is 31.2 Å². The zero-order chi connectivity index (χ0) is 16.6. The fraction of sp³-hybridized carbons (Fsp3) is 0.0625. The fourth-order valence-electron chi connectivity index (χ4n) is 2.04. The highest BCUT2D eigenvalue weighted by molar-refractivity contribution is 7.87. The summed E-state index contributed by atoms with van der Waals surface area (Å²) in [5.41, 5.74) is -0.147. The lowest BCUT2D eigenvalue weighted by Crippen LogP contribution is -2.10. The van der Waals surface area contributed by atoms with E-state index in [0.717, 1.165) is 12.1 Å². The van der Waals surface area contributed by atoms with Crippen LogP contribution in [0.5, 0.6) is 5.75 Å². The van der Waals surface area contributed by atoms with Crippen molar-refractivity contribution in [3.63, 3.8) is 0 Å². The highest BCUT2D eigenvalue weighted by atomic mass is 32.2. The van der Waals surface area contributed by atoms with E-state index >= 15 is 0 Å². The van der Waals surface area contributed by atoms with Gasteiger partial charge in [-0.05, 0) is 48.9 Å². The van der Waals surface area contributed by atoms with Gasteiger partial charge >= 0.3 is 15.7 Å². The molecule has 1 aromatic heterocycles. The molecule has 0 saturated carbocycles. The first-order valence-electron chi connectivity index (χ1n) is 6.60. The Labute approximate surface area is 131 Å². The molecule has 0 aliphatic heterocycles. The van der Waals surface area contributed by atoms with Crippen LogP contribution in [-0.4, -0.2) is 8.42 Å². The first-order valence-corrected chi connectivity index (χ1v) is 8.00. The van der Waals surface area contributed by atoms with E-state index in [1.807, 2.05) is 0 Å². The molecule has 0 bridgehead atoms. The third-order valence-electron chi connectivity index (χ3n) is 3.22. The lowest BCUT2D eigenvalue weighted by atomic mass is 10.2. The summed E-state index contributed by atoms with van der Waals surface area (Å²) < 4.78 is 47.7. The van der Waals surface area contributed by atoms with Gasteiger partial charge in [0.15, 0.2) is 0 Å². The molecule has 0 unspecified atom stereocenters. The van der Waals surface area contributed by atoms with Crippen LogP contribution in [0.1, 0.15) is 5.56 Å².